The number of aromatic nitrogens is 1. The molecule has 0 saturated heterocycles. The highest BCUT2D eigenvalue weighted by Gasteiger charge is 2.32. The third-order valence-electron chi connectivity index (χ3n) is 6.05. The molecule has 2 amide bonds. The number of rotatable bonds is 10. The van der Waals surface area contributed by atoms with Crippen molar-refractivity contribution in [3.8, 4) is 0 Å². The van der Waals surface area contributed by atoms with Gasteiger partial charge in [-0.3, -0.25) is 24.4 Å². The fraction of sp³-hybridized carbons (Fsp3) is 0.286. The zero-order chi connectivity index (χ0) is 27.1. The molecule has 4 rings (SSSR count). The number of nitrogens with zero attached hydrogens (tertiary/aromatic N) is 4. The largest absolute Gasteiger partial charge is 0.388 e. The highest BCUT2D eigenvalue weighted by atomic mass is 32.1. The van der Waals surface area contributed by atoms with E-state index >= 15 is 0 Å². The van der Waals surface area contributed by atoms with Gasteiger partial charge in [-0.25, -0.2) is 4.98 Å². The monoisotopic (exact) mass is 530 g/mol. The van der Waals surface area contributed by atoms with Crippen LogP contribution in [0.3, 0.4) is 0 Å². The molecule has 2 aromatic carbocycles. The minimum Gasteiger partial charge on any atom is -0.388 e. The zero-order valence-electron chi connectivity index (χ0n) is 21.3. The normalized spacial score (nSPS) is 16.3. The number of thiazole rings is 1. The fourth-order valence-electron chi connectivity index (χ4n) is 4.26. The van der Waals surface area contributed by atoms with E-state index in [1.165, 1.54) is 16.2 Å². The summed E-state index contributed by atoms with van der Waals surface area (Å²) in [6.45, 7) is 3.61. The van der Waals surface area contributed by atoms with Gasteiger partial charge in [-0.1, -0.05) is 48.5 Å². The molecule has 3 aromatic rings. The number of hydrogen-bond donors (Lipinski definition) is 2. The number of aliphatic imine (C=N–C) groups is 2. The lowest BCUT2D eigenvalue weighted by atomic mass is 10.00. The molecule has 1 aliphatic rings. The van der Waals surface area contributed by atoms with Gasteiger partial charge in [-0.05, 0) is 32.8 Å². The Kier molecular flexibility index (Phi) is 8.75. The number of amidine groups is 1. The SMILES string of the molecule is CC(N)=NCCC[C@H](NC(=O)CN1C(=O)C(C)N=C(c2ccccc2)c2ccccc21)C(=O)c1nccs1. The number of para-hydroxylation sites is 1. The molecule has 1 aromatic heterocycles. The molecular weight excluding hydrogens is 500 g/mol. The molecule has 0 fully saturated rings. The van der Waals surface area contributed by atoms with E-state index in [2.05, 4.69) is 15.3 Å². The first-order chi connectivity index (χ1) is 18.3. The molecular formula is C28H30N6O3S. The second kappa shape index (κ2) is 12.4. The number of hydrogen-bond acceptors (Lipinski definition) is 7. The van der Waals surface area contributed by atoms with Gasteiger partial charge in [0.1, 0.15) is 12.6 Å². The molecule has 1 aliphatic heterocycles. The van der Waals surface area contributed by atoms with Gasteiger partial charge in [-0.15, -0.1) is 11.3 Å². The second-order valence-electron chi connectivity index (χ2n) is 8.95. The lowest BCUT2D eigenvalue weighted by Crippen LogP contribution is -2.48. The number of carbonyl (C=O) groups is 3. The molecule has 0 bridgehead atoms. The van der Waals surface area contributed by atoms with Gasteiger partial charge in [-0.2, -0.15) is 0 Å². The van der Waals surface area contributed by atoms with E-state index in [1.54, 1.807) is 25.4 Å². The molecule has 0 aliphatic carbocycles. The van der Waals surface area contributed by atoms with Gasteiger partial charge in [0, 0.05) is 29.2 Å². The van der Waals surface area contributed by atoms with Crippen LogP contribution >= 0.6 is 11.3 Å². The highest BCUT2D eigenvalue weighted by molar-refractivity contribution is 7.11. The Morgan fingerprint density at radius 3 is 2.61 bits per heavy atom. The summed E-state index contributed by atoms with van der Waals surface area (Å²) in [5.74, 6) is -0.556. The maximum absolute atomic E-state index is 13.4. The van der Waals surface area contributed by atoms with E-state index in [-0.39, 0.29) is 18.2 Å². The lowest BCUT2D eigenvalue weighted by molar-refractivity contribution is -0.124. The van der Waals surface area contributed by atoms with Gasteiger partial charge in [0.25, 0.3) is 5.91 Å². The molecule has 196 valence electrons. The maximum atomic E-state index is 13.4. The third-order valence-corrected chi connectivity index (χ3v) is 6.84. The number of ketones is 1. The van der Waals surface area contributed by atoms with Crippen molar-refractivity contribution < 1.29 is 14.4 Å². The molecule has 38 heavy (non-hydrogen) atoms. The van der Waals surface area contributed by atoms with E-state index < -0.39 is 18.0 Å². The van der Waals surface area contributed by atoms with Crippen LogP contribution in [0.2, 0.25) is 0 Å². The summed E-state index contributed by atoms with van der Waals surface area (Å²) < 4.78 is 0. The first-order valence-electron chi connectivity index (χ1n) is 12.4. The van der Waals surface area contributed by atoms with Gasteiger partial charge in [0.2, 0.25) is 11.7 Å². The number of amides is 2. The van der Waals surface area contributed by atoms with E-state index in [1.807, 2.05) is 54.6 Å². The summed E-state index contributed by atoms with van der Waals surface area (Å²) in [5.41, 5.74) is 8.54. The van der Waals surface area contributed by atoms with Crippen LogP contribution < -0.4 is 16.0 Å². The Bertz CT molecular complexity index is 1350. The van der Waals surface area contributed by atoms with Crippen LogP contribution in [0.5, 0.6) is 0 Å². The van der Waals surface area contributed by atoms with E-state index in [0.29, 0.717) is 41.6 Å². The Morgan fingerprint density at radius 1 is 1.16 bits per heavy atom. The van der Waals surface area contributed by atoms with E-state index in [9.17, 15) is 14.4 Å². The van der Waals surface area contributed by atoms with E-state index in [4.69, 9.17) is 10.7 Å². The predicted octanol–water partition coefficient (Wildman–Crippen LogP) is 3.24. The molecule has 2 heterocycles. The van der Waals surface area contributed by atoms with Crippen molar-refractivity contribution >= 4 is 46.2 Å². The number of benzodiazepines with no additional fused rings is 1. The van der Waals surface area contributed by atoms with Crippen molar-refractivity contribution in [2.24, 2.45) is 15.7 Å². The molecule has 3 N–H and O–H groups in total. The first kappa shape index (κ1) is 26.9. The topological polar surface area (TPSA) is 130 Å². The van der Waals surface area contributed by atoms with Crippen LogP contribution in [0.25, 0.3) is 0 Å². The average molecular weight is 531 g/mol. The van der Waals surface area contributed by atoms with Crippen LogP contribution in [0.15, 0.2) is 76.2 Å². The van der Waals surface area contributed by atoms with Gasteiger partial charge < -0.3 is 16.0 Å². The standard InChI is InChI=1S/C28H30N6O3S/c1-18-28(37)34(23-13-7-6-11-21(23)25(32-18)20-9-4-3-5-10-20)17-24(35)33-22(12-8-14-30-19(2)29)26(36)27-31-15-16-38-27/h3-7,9-11,13,15-16,18,22H,8,12,14,17H2,1-2H3,(H2,29,30)(H,33,35)/t18?,22-/m0/s1. The van der Waals surface area contributed by atoms with E-state index in [0.717, 1.165) is 11.1 Å². The summed E-state index contributed by atoms with van der Waals surface area (Å²) in [6.07, 6.45) is 2.47. The molecule has 0 saturated carbocycles. The summed E-state index contributed by atoms with van der Waals surface area (Å²) >= 11 is 1.22. The van der Waals surface area contributed by atoms with Crippen molar-refractivity contribution in [2.45, 2.75) is 38.8 Å². The van der Waals surface area contributed by atoms with Crippen molar-refractivity contribution in [1.82, 2.24) is 10.3 Å². The first-order valence-corrected chi connectivity index (χ1v) is 13.3. The van der Waals surface area contributed by atoms with Crippen LogP contribution in [-0.4, -0.2) is 59.3 Å². The maximum Gasteiger partial charge on any atom is 0.252 e. The quantitative estimate of drug-likeness (QED) is 0.180. The third kappa shape index (κ3) is 6.38. The smallest absolute Gasteiger partial charge is 0.252 e. The van der Waals surface area contributed by atoms with Crippen LogP contribution in [0, 0.1) is 0 Å². The Morgan fingerprint density at radius 2 is 1.89 bits per heavy atom. The van der Waals surface area contributed by atoms with Crippen LogP contribution in [0.4, 0.5) is 5.69 Å². The fourth-order valence-corrected chi connectivity index (χ4v) is 4.89. The Labute approximate surface area is 225 Å². The van der Waals surface area contributed by atoms with Crippen molar-refractivity contribution in [1.29, 1.82) is 0 Å². The van der Waals surface area contributed by atoms with Crippen molar-refractivity contribution in [2.75, 3.05) is 18.0 Å². The summed E-state index contributed by atoms with van der Waals surface area (Å²) in [5, 5.41) is 4.87. The highest BCUT2D eigenvalue weighted by Crippen LogP contribution is 2.28. The minimum atomic E-state index is -0.798. The zero-order valence-corrected chi connectivity index (χ0v) is 22.1. The van der Waals surface area contributed by atoms with Gasteiger partial charge in [0.15, 0.2) is 5.01 Å². The minimum absolute atomic E-state index is 0.251. The lowest BCUT2D eigenvalue weighted by Gasteiger charge is -2.25. The van der Waals surface area contributed by atoms with Crippen LogP contribution in [-0.2, 0) is 9.59 Å². The van der Waals surface area contributed by atoms with Crippen molar-refractivity contribution in [3.05, 3.63) is 82.3 Å². The number of fused-ring (bicyclic) bond motifs is 1. The molecule has 0 spiro atoms. The number of nitrogens with one attached hydrogen (secondary N) is 1. The average Bonchev–Trinajstić information content (AvgIpc) is 3.44. The number of Topliss-reactive ketones (excluding diaryl/α,β-unsaturated/α-hetero) is 1. The van der Waals surface area contributed by atoms with Crippen molar-refractivity contribution in [3.63, 3.8) is 0 Å². The molecule has 0 radical (unpaired) electrons. The summed E-state index contributed by atoms with van der Waals surface area (Å²) in [4.78, 5) is 54.3. The Hall–Kier alpha value is -4.18. The number of benzene rings is 2. The number of nitrogens with two attached hydrogens (primary N) is 1. The van der Waals surface area contributed by atoms with Crippen LogP contribution in [0.1, 0.15) is 47.6 Å². The predicted molar refractivity (Wildman–Crippen MR) is 150 cm³/mol. The molecule has 9 nitrogen and oxygen atoms in total. The second-order valence-corrected chi connectivity index (χ2v) is 9.84. The van der Waals surface area contributed by atoms with Gasteiger partial charge in [0.05, 0.1) is 23.3 Å². The molecule has 10 heteroatoms. The number of carbonyl (C=O) groups excluding carboxylic acids is 3. The molecule has 1 unspecified atom stereocenters. The summed E-state index contributed by atoms with van der Waals surface area (Å²) in [6, 6.07) is 15.6. The molecule has 2 atom stereocenters. The van der Waals surface area contributed by atoms with Gasteiger partial charge >= 0.3 is 0 Å². The summed E-state index contributed by atoms with van der Waals surface area (Å²) in [7, 11) is 0. The Balaban J connectivity index is 1.57. The number of anilines is 1.